The van der Waals surface area contributed by atoms with Crippen LogP contribution in [-0.4, -0.2) is 31.6 Å². The number of aryl methyl sites for hydroxylation is 1. The predicted octanol–water partition coefficient (Wildman–Crippen LogP) is 2.06. The van der Waals surface area contributed by atoms with E-state index in [0.29, 0.717) is 17.7 Å². The fourth-order valence-corrected chi connectivity index (χ4v) is 1.61. The van der Waals surface area contributed by atoms with Crippen LogP contribution < -0.4 is 5.32 Å². The molecule has 1 N–H and O–H groups in total. The zero-order valence-electron chi connectivity index (χ0n) is 12.4. The number of carbonyl (C=O) groups is 3. The van der Waals surface area contributed by atoms with E-state index < -0.39 is 17.8 Å². The highest BCUT2D eigenvalue weighted by molar-refractivity contribution is 5.96. The molecule has 0 bridgehead atoms. The highest BCUT2D eigenvalue weighted by Crippen LogP contribution is 2.17. The summed E-state index contributed by atoms with van der Waals surface area (Å²) in [6.45, 7) is 3.30. The van der Waals surface area contributed by atoms with Crippen molar-refractivity contribution in [2.24, 2.45) is 0 Å². The Bertz CT molecular complexity index is 539. The Labute approximate surface area is 123 Å². The smallest absolute Gasteiger partial charge is 0.337 e. The van der Waals surface area contributed by atoms with Gasteiger partial charge in [-0.25, -0.2) is 4.79 Å². The lowest BCUT2D eigenvalue weighted by Crippen LogP contribution is -2.21. The molecule has 0 fully saturated rings. The molecular formula is C15H19NO5. The molecule has 0 spiro atoms. The molecule has 1 rings (SSSR count). The van der Waals surface area contributed by atoms with Crippen LogP contribution in [0.25, 0.3) is 0 Å². The summed E-state index contributed by atoms with van der Waals surface area (Å²) >= 11 is 0. The van der Waals surface area contributed by atoms with Gasteiger partial charge in [-0.05, 0) is 31.0 Å². The van der Waals surface area contributed by atoms with E-state index in [1.54, 1.807) is 19.1 Å². The Morgan fingerprint density at radius 2 is 1.95 bits per heavy atom. The molecule has 6 heteroatoms. The first-order valence-electron chi connectivity index (χ1n) is 6.62. The van der Waals surface area contributed by atoms with E-state index in [2.05, 4.69) is 10.1 Å². The number of ether oxygens (including phenoxy) is 2. The van der Waals surface area contributed by atoms with Crippen LogP contribution in [0.4, 0.5) is 5.69 Å². The third-order valence-corrected chi connectivity index (χ3v) is 2.75. The zero-order chi connectivity index (χ0) is 15.8. The monoisotopic (exact) mass is 293 g/mol. The fraction of sp³-hybridized carbons (Fsp3) is 0.400. The van der Waals surface area contributed by atoms with Gasteiger partial charge in [0.25, 0.3) is 5.91 Å². The molecule has 0 saturated carbocycles. The minimum atomic E-state index is -0.486. The standard InChI is InChI=1S/C15H19NO5/c1-4-5-14(18)21-9-13(17)16-12-8-11(15(19)20-3)7-6-10(12)2/h6-8H,4-5,9H2,1-3H3,(H,16,17). The molecule has 0 radical (unpaired) electrons. The maximum Gasteiger partial charge on any atom is 0.337 e. The molecule has 114 valence electrons. The summed E-state index contributed by atoms with van der Waals surface area (Å²) in [7, 11) is 1.29. The van der Waals surface area contributed by atoms with Crippen molar-refractivity contribution < 1.29 is 23.9 Å². The third-order valence-electron chi connectivity index (χ3n) is 2.75. The maximum absolute atomic E-state index is 11.7. The Morgan fingerprint density at radius 3 is 2.57 bits per heavy atom. The lowest BCUT2D eigenvalue weighted by molar-refractivity contribution is -0.147. The lowest BCUT2D eigenvalue weighted by atomic mass is 10.1. The van der Waals surface area contributed by atoms with Gasteiger partial charge in [-0.2, -0.15) is 0 Å². The van der Waals surface area contributed by atoms with Gasteiger partial charge in [-0.3, -0.25) is 9.59 Å². The highest BCUT2D eigenvalue weighted by atomic mass is 16.5. The van der Waals surface area contributed by atoms with Crippen LogP contribution in [-0.2, 0) is 19.1 Å². The van der Waals surface area contributed by atoms with Gasteiger partial charge in [-0.15, -0.1) is 0 Å². The number of amides is 1. The summed E-state index contributed by atoms with van der Waals surface area (Å²) in [5.41, 5.74) is 1.60. The molecule has 0 saturated heterocycles. The predicted molar refractivity (Wildman–Crippen MR) is 77.0 cm³/mol. The SMILES string of the molecule is CCCC(=O)OCC(=O)Nc1cc(C(=O)OC)ccc1C. The van der Waals surface area contributed by atoms with Crippen LogP contribution in [0.3, 0.4) is 0 Å². The van der Waals surface area contributed by atoms with E-state index in [0.717, 1.165) is 5.56 Å². The average molecular weight is 293 g/mol. The van der Waals surface area contributed by atoms with Gasteiger partial charge in [0.1, 0.15) is 0 Å². The van der Waals surface area contributed by atoms with Gasteiger partial charge in [0.2, 0.25) is 0 Å². The second kappa shape index (κ2) is 8.04. The molecule has 0 unspecified atom stereocenters. The van der Waals surface area contributed by atoms with E-state index in [9.17, 15) is 14.4 Å². The Kier molecular flexibility index (Phi) is 6.39. The van der Waals surface area contributed by atoms with Crippen LogP contribution in [0.5, 0.6) is 0 Å². The van der Waals surface area contributed by atoms with E-state index in [1.807, 2.05) is 6.92 Å². The number of carbonyl (C=O) groups excluding carboxylic acids is 3. The van der Waals surface area contributed by atoms with E-state index in [-0.39, 0.29) is 13.0 Å². The van der Waals surface area contributed by atoms with Crippen LogP contribution in [0.1, 0.15) is 35.7 Å². The van der Waals surface area contributed by atoms with E-state index in [4.69, 9.17) is 4.74 Å². The number of hydrogen-bond acceptors (Lipinski definition) is 5. The Balaban J connectivity index is 2.67. The largest absolute Gasteiger partial charge is 0.465 e. The number of benzene rings is 1. The van der Waals surface area contributed by atoms with Gasteiger partial charge >= 0.3 is 11.9 Å². The van der Waals surface area contributed by atoms with Gasteiger partial charge in [0.15, 0.2) is 6.61 Å². The van der Waals surface area contributed by atoms with Crippen molar-refractivity contribution in [3.05, 3.63) is 29.3 Å². The summed E-state index contributed by atoms with van der Waals surface area (Å²) in [5.74, 6) is -1.35. The minimum absolute atomic E-state index is 0.282. The van der Waals surface area contributed by atoms with Crippen LogP contribution >= 0.6 is 0 Å². The average Bonchev–Trinajstić information content (AvgIpc) is 2.47. The Morgan fingerprint density at radius 1 is 1.24 bits per heavy atom. The first-order valence-corrected chi connectivity index (χ1v) is 6.62. The number of nitrogens with one attached hydrogen (secondary N) is 1. The molecule has 1 amide bonds. The second-order valence-corrected chi connectivity index (χ2v) is 4.48. The summed E-state index contributed by atoms with van der Waals surface area (Å²) in [6.07, 6.45) is 0.949. The summed E-state index contributed by atoms with van der Waals surface area (Å²) in [6, 6.07) is 4.83. The van der Waals surface area contributed by atoms with Crippen molar-refractivity contribution in [2.75, 3.05) is 19.0 Å². The van der Waals surface area contributed by atoms with Crippen molar-refractivity contribution in [1.82, 2.24) is 0 Å². The number of rotatable bonds is 6. The van der Waals surface area contributed by atoms with Crippen LogP contribution in [0.15, 0.2) is 18.2 Å². The van der Waals surface area contributed by atoms with Gasteiger partial charge in [-0.1, -0.05) is 13.0 Å². The fourth-order valence-electron chi connectivity index (χ4n) is 1.61. The van der Waals surface area contributed by atoms with Crippen molar-refractivity contribution in [3.63, 3.8) is 0 Å². The van der Waals surface area contributed by atoms with Gasteiger partial charge in [0.05, 0.1) is 12.7 Å². The Hall–Kier alpha value is -2.37. The summed E-state index contributed by atoms with van der Waals surface area (Å²) in [4.78, 5) is 34.4. The topological polar surface area (TPSA) is 81.7 Å². The lowest BCUT2D eigenvalue weighted by Gasteiger charge is -2.10. The number of methoxy groups -OCH3 is 1. The van der Waals surface area contributed by atoms with Crippen molar-refractivity contribution in [2.45, 2.75) is 26.7 Å². The summed E-state index contributed by atoms with van der Waals surface area (Å²) < 4.78 is 9.43. The molecular weight excluding hydrogens is 274 g/mol. The van der Waals surface area contributed by atoms with E-state index in [1.165, 1.54) is 13.2 Å². The van der Waals surface area contributed by atoms with Crippen molar-refractivity contribution in [1.29, 1.82) is 0 Å². The quantitative estimate of drug-likeness (QED) is 0.812. The molecule has 0 aliphatic rings. The molecule has 6 nitrogen and oxygen atoms in total. The van der Waals surface area contributed by atoms with Crippen molar-refractivity contribution in [3.8, 4) is 0 Å². The third kappa shape index (κ3) is 5.25. The van der Waals surface area contributed by atoms with Crippen molar-refractivity contribution >= 4 is 23.5 Å². The number of hydrogen-bond donors (Lipinski definition) is 1. The van der Waals surface area contributed by atoms with Crippen LogP contribution in [0.2, 0.25) is 0 Å². The highest BCUT2D eigenvalue weighted by Gasteiger charge is 2.11. The van der Waals surface area contributed by atoms with Crippen LogP contribution in [0, 0.1) is 6.92 Å². The minimum Gasteiger partial charge on any atom is -0.465 e. The first-order chi connectivity index (χ1) is 9.97. The molecule has 0 atom stereocenters. The molecule has 0 aliphatic heterocycles. The second-order valence-electron chi connectivity index (χ2n) is 4.48. The molecule has 1 aromatic carbocycles. The first kappa shape index (κ1) is 16.7. The van der Waals surface area contributed by atoms with Gasteiger partial charge < -0.3 is 14.8 Å². The molecule has 1 aromatic rings. The number of esters is 2. The molecule has 0 aliphatic carbocycles. The molecule has 21 heavy (non-hydrogen) atoms. The number of anilines is 1. The van der Waals surface area contributed by atoms with Gasteiger partial charge in [0, 0.05) is 12.1 Å². The zero-order valence-corrected chi connectivity index (χ0v) is 12.4. The normalized spacial score (nSPS) is 9.86. The maximum atomic E-state index is 11.7. The summed E-state index contributed by atoms with van der Waals surface area (Å²) in [5, 5.41) is 2.60. The molecule has 0 heterocycles. The van der Waals surface area contributed by atoms with E-state index >= 15 is 0 Å². The molecule has 0 aromatic heterocycles.